The Morgan fingerprint density at radius 2 is 1.50 bits per heavy atom. The number of amides is 1. The standard InChI is InChI=1S/C18H15Cl2N3O3S2/c19-14-5-1-12(2-6-14)9-17-22-23-18(27-17)21-16(24)11-28(25,26)10-13-3-7-15(20)8-4-13/h1-8H,9-11H2,(H,21,23,24). The number of nitrogens with one attached hydrogen (secondary N) is 1. The SMILES string of the molecule is O=C(CS(=O)(=O)Cc1ccc(Cl)cc1)Nc1nnc(Cc2ccc(Cl)cc2)s1. The van der Waals surface area contributed by atoms with E-state index in [1.807, 2.05) is 12.1 Å². The number of carbonyl (C=O) groups is 1. The Labute approximate surface area is 176 Å². The highest BCUT2D eigenvalue weighted by atomic mass is 35.5. The Bertz CT molecular complexity index is 1070. The third kappa shape index (κ3) is 6.27. The summed E-state index contributed by atoms with van der Waals surface area (Å²) in [5.74, 6) is -1.53. The summed E-state index contributed by atoms with van der Waals surface area (Å²) in [6.45, 7) is 0. The topological polar surface area (TPSA) is 89.0 Å². The molecule has 0 atom stereocenters. The van der Waals surface area contributed by atoms with Gasteiger partial charge in [-0.3, -0.25) is 10.1 Å². The summed E-state index contributed by atoms with van der Waals surface area (Å²) >= 11 is 12.8. The Kier molecular flexibility index (Phi) is 6.66. The lowest BCUT2D eigenvalue weighted by molar-refractivity contribution is -0.113. The molecule has 0 fully saturated rings. The van der Waals surface area contributed by atoms with Crippen molar-refractivity contribution < 1.29 is 13.2 Å². The van der Waals surface area contributed by atoms with Crippen molar-refractivity contribution in [2.75, 3.05) is 11.1 Å². The average molecular weight is 456 g/mol. The maximum Gasteiger partial charge on any atom is 0.241 e. The van der Waals surface area contributed by atoms with Crippen LogP contribution in [0, 0.1) is 0 Å². The number of carbonyl (C=O) groups excluding carboxylic acids is 1. The Morgan fingerprint density at radius 3 is 2.11 bits per heavy atom. The van der Waals surface area contributed by atoms with Crippen molar-refractivity contribution >= 4 is 55.4 Å². The molecule has 0 spiro atoms. The van der Waals surface area contributed by atoms with E-state index in [0.29, 0.717) is 27.0 Å². The van der Waals surface area contributed by atoms with Crippen LogP contribution in [0.2, 0.25) is 10.0 Å². The van der Waals surface area contributed by atoms with E-state index in [1.54, 1.807) is 36.4 Å². The van der Waals surface area contributed by atoms with Gasteiger partial charge in [-0.2, -0.15) is 0 Å². The molecule has 1 heterocycles. The molecule has 2 aromatic carbocycles. The van der Waals surface area contributed by atoms with E-state index in [2.05, 4.69) is 15.5 Å². The second-order valence-corrected chi connectivity index (χ2v) is 10.0. The van der Waals surface area contributed by atoms with Crippen molar-refractivity contribution in [1.29, 1.82) is 0 Å². The molecule has 1 amide bonds. The second-order valence-electron chi connectivity index (χ2n) is 6.01. The van der Waals surface area contributed by atoms with Gasteiger partial charge in [0.05, 0.1) is 5.75 Å². The molecule has 0 bridgehead atoms. The first-order valence-electron chi connectivity index (χ1n) is 8.11. The predicted octanol–water partition coefficient (Wildman–Crippen LogP) is 3.99. The first kappa shape index (κ1) is 20.7. The molecule has 146 valence electrons. The number of anilines is 1. The molecule has 3 rings (SSSR count). The Morgan fingerprint density at radius 1 is 0.929 bits per heavy atom. The lowest BCUT2D eigenvalue weighted by Crippen LogP contribution is -2.23. The molecule has 0 radical (unpaired) electrons. The van der Waals surface area contributed by atoms with Gasteiger partial charge in [0.15, 0.2) is 9.84 Å². The zero-order valence-electron chi connectivity index (χ0n) is 14.4. The molecule has 0 unspecified atom stereocenters. The number of halogens is 2. The van der Waals surface area contributed by atoms with Gasteiger partial charge < -0.3 is 0 Å². The smallest absolute Gasteiger partial charge is 0.241 e. The van der Waals surface area contributed by atoms with Crippen LogP contribution >= 0.6 is 34.5 Å². The van der Waals surface area contributed by atoms with Crippen molar-refractivity contribution in [3.63, 3.8) is 0 Å². The fourth-order valence-electron chi connectivity index (χ4n) is 2.39. The molecule has 0 saturated carbocycles. The molecule has 6 nitrogen and oxygen atoms in total. The van der Waals surface area contributed by atoms with Crippen molar-refractivity contribution in [2.45, 2.75) is 12.2 Å². The number of rotatable bonds is 7. The summed E-state index contributed by atoms with van der Waals surface area (Å²) < 4.78 is 24.4. The summed E-state index contributed by atoms with van der Waals surface area (Å²) in [4.78, 5) is 12.1. The van der Waals surface area contributed by atoms with E-state index >= 15 is 0 Å². The van der Waals surface area contributed by atoms with Gasteiger partial charge in [-0.15, -0.1) is 10.2 Å². The van der Waals surface area contributed by atoms with E-state index in [-0.39, 0.29) is 10.9 Å². The highest BCUT2D eigenvalue weighted by molar-refractivity contribution is 7.91. The van der Waals surface area contributed by atoms with Crippen LogP contribution in [0.4, 0.5) is 5.13 Å². The quantitative estimate of drug-likeness (QED) is 0.581. The number of nitrogens with zero attached hydrogens (tertiary/aromatic N) is 2. The molecular formula is C18H15Cl2N3O3S2. The van der Waals surface area contributed by atoms with Gasteiger partial charge >= 0.3 is 0 Å². The Balaban J connectivity index is 1.56. The minimum absolute atomic E-state index is 0.241. The maximum atomic E-state index is 12.2. The van der Waals surface area contributed by atoms with Gasteiger partial charge in [-0.1, -0.05) is 58.8 Å². The van der Waals surface area contributed by atoms with Crippen LogP contribution in [-0.2, 0) is 26.8 Å². The zero-order valence-corrected chi connectivity index (χ0v) is 17.6. The normalized spacial score (nSPS) is 11.4. The van der Waals surface area contributed by atoms with Gasteiger partial charge in [0, 0.05) is 16.5 Å². The minimum atomic E-state index is -3.62. The van der Waals surface area contributed by atoms with Crippen LogP contribution in [0.25, 0.3) is 0 Å². The summed E-state index contributed by atoms with van der Waals surface area (Å²) in [5, 5.41) is 12.5. The fraction of sp³-hybridized carbons (Fsp3) is 0.167. The van der Waals surface area contributed by atoms with E-state index in [9.17, 15) is 13.2 Å². The van der Waals surface area contributed by atoms with Crippen LogP contribution in [0.15, 0.2) is 48.5 Å². The largest absolute Gasteiger partial charge is 0.300 e. The predicted molar refractivity (Wildman–Crippen MR) is 112 cm³/mol. The van der Waals surface area contributed by atoms with Gasteiger partial charge in [-0.05, 0) is 35.4 Å². The molecule has 3 aromatic rings. The monoisotopic (exact) mass is 455 g/mol. The molecule has 0 aliphatic carbocycles. The molecular weight excluding hydrogens is 441 g/mol. The average Bonchev–Trinajstić information content (AvgIpc) is 3.05. The van der Waals surface area contributed by atoms with Gasteiger partial charge in [-0.25, -0.2) is 8.42 Å². The van der Waals surface area contributed by atoms with Crippen LogP contribution in [0.1, 0.15) is 16.1 Å². The highest BCUT2D eigenvalue weighted by Crippen LogP contribution is 2.20. The number of hydrogen-bond acceptors (Lipinski definition) is 6. The first-order chi connectivity index (χ1) is 13.3. The van der Waals surface area contributed by atoms with Crippen LogP contribution in [0.3, 0.4) is 0 Å². The van der Waals surface area contributed by atoms with Crippen LogP contribution in [-0.4, -0.2) is 30.3 Å². The van der Waals surface area contributed by atoms with Crippen molar-refractivity contribution in [3.8, 4) is 0 Å². The Hall–Kier alpha value is -2.00. The number of benzene rings is 2. The minimum Gasteiger partial charge on any atom is -0.300 e. The van der Waals surface area contributed by atoms with Gasteiger partial charge in [0.2, 0.25) is 11.0 Å². The summed E-state index contributed by atoms with van der Waals surface area (Å²) in [6, 6.07) is 13.8. The van der Waals surface area contributed by atoms with Gasteiger partial charge in [0.25, 0.3) is 0 Å². The first-order valence-corrected chi connectivity index (χ1v) is 11.5. The van der Waals surface area contributed by atoms with Gasteiger partial charge in [0.1, 0.15) is 10.8 Å². The third-order valence-electron chi connectivity index (χ3n) is 3.63. The molecule has 0 aliphatic rings. The van der Waals surface area contributed by atoms with Crippen molar-refractivity contribution in [2.24, 2.45) is 0 Å². The van der Waals surface area contributed by atoms with Crippen molar-refractivity contribution in [3.05, 3.63) is 74.7 Å². The lowest BCUT2D eigenvalue weighted by atomic mass is 10.2. The van der Waals surface area contributed by atoms with E-state index in [4.69, 9.17) is 23.2 Å². The van der Waals surface area contributed by atoms with Crippen LogP contribution in [0.5, 0.6) is 0 Å². The lowest BCUT2D eigenvalue weighted by Gasteiger charge is -2.04. The number of hydrogen-bond donors (Lipinski definition) is 1. The maximum absolute atomic E-state index is 12.2. The third-order valence-corrected chi connectivity index (χ3v) is 6.45. The molecule has 1 N–H and O–H groups in total. The molecule has 1 aromatic heterocycles. The number of sulfone groups is 1. The molecule has 28 heavy (non-hydrogen) atoms. The van der Waals surface area contributed by atoms with Crippen LogP contribution < -0.4 is 5.32 Å². The molecule has 0 saturated heterocycles. The van der Waals surface area contributed by atoms with E-state index in [0.717, 1.165) is 5.56 Å². The zero-order chi connectivity index (χ0) is 20.1. The molecule has 0 aliphatic heterocycles. The van der Waals surface area contributed by atoms with E-state index in [1.165, 1.54) is 11.3 Å². The summed E-state index contributed by atoms with van der Waals surface area (Å²) in [6.07, 6.45) is 0.541. The summed E-state index contributed by atoms with van der Waals surface area (Å²) in [5.41, 5.74) is 1.57. The highest BCUT2D eigenvalue weighted by Gasteiger charge is 2.19. The van der Waals surface area contributed by atoms with E-state index < -0.39 is 21.5 Å². The molecule has 10 heteroatoms. The van der Waals surface area contributed by atoms with Crippen molar-refractivity contribution in [1.82, 2.24) is 10.2 Å². The summed E-state index contributed by atoms with van der Waals surface area (Å²) in [7, 11) is -3.62. The second kappa shape index (κ2) is 9.00. The fourth-order valence-corrected chi connectivity index (χ4v) is 4.71. The number of aromatic nitrogens is 2.